The predicted octanol–water partition coefficient (Wildman–Crippen LogP) is 1.41. The molecule has 1 N–H and O–H groups in total. The van der Waals surface area contributed by atoms with Crippen molar-refractivity contribution >= 4 is 27.5 Å². The third-order valence-corrected chi connectivity index (χ3v) is 8.12. The highest BCUT2D eigenvalue weighted by Gasteiger charge is 2.33. The number of nitrogens with zero attached hydrogens (tertiary/aromatic N) is 2. The van der Waals surface area contributed by atoms with Crippen LogP contribution in [0, 0.1) is 0 Å². The van der Waals surface area contributed by atoms with Crippen molar-refractivity contribution in [3.63, 3.8) is 0 Å². The van der Waals surface area contributed by atoms with E-state index in [1.165, 1.54) is 28.5 Å². The highest BCUT2D eigenvalue weighted by Crippen LogP contribution is 2.22. The molecule has 28 heavy (non-hydrogen) atoms. The van der Waals surface area contributed by atoms with Crippen molar-refractivity contribution in [2.45, 2.75) is 50.0 Å². The average Bonchev–Trinajstić information content (AvgIpc) is 2.70. The van der Waals surface area contributed by atoms with Crippen molar-refractivity contribution < 1.29 is 18.1 Å². The zero-order valence-electron chi connectivity index (χ0n) is 16.6. The smallest absolute Gasteiger partial charge is 0.277 e. The van der Waals surface area contributed by atoms with Gasteiger partial charge in [-0.25, -0.2) is 8.42 Å². The Hall–Kier alpha value is -1.15. The van der Waals surface area contributed by atoms with Crippen molar-refractivity contribution in [1.82, 2.24) is 9.21 Å². The molecule has 0 aromatic heterocycles. The summed E-state index contributed by atoms with van der Waals surface area (Å²) in [4.78, 5) is 16.3. The van der Waals surface area contributed by atoms with Gasteiger partial charge in [0.1, 0.15) is 0 Å². The maximum absolute atomic E-state index is 12.8. The number of piperazine rings is 1. The maximum Gasteiger partial charge on any atom is 0.277 e. The summed E-state index contributed by atoms with van der Waals surface area (Å²) >= 11 is 5.86. The first-order valence-corrected chi connectivity index (χ1v) is 12.1. The first kappa shape index (κ1) is 21.6. The number of sulfonamides is 1. The fraction of sp³-hybridized carbons (Fsp3) is 0.650. The number of quaternary nitrogens is 1. The van der Waals surface area contributed by atoms with Gasteiger partial charge in [-0.15, -0.1) is 0 Å². The molecule has 3 rings (SSSR count). The summed E-state index contributed by atoms with van der Waals surface area (Å²) in [6, 6.07) is 6.67. The molecule has 0 unspecified atom stereocenters. The van der Waals surface area contributed by atoms with E-state index in [4.69, 9.17) is 11.6 Å². The van der Waals surface area contributed by atoms with Crippen molar-refractivity contribution in [1.29, 1.82) is 0 Å². The first-order chi connectivity index (χ1) is 13.4. The zero-order chi connectivity index (χ0) is 20.1. The average molecular weight is 429 g/mol. The van der Waals surface area contributed by atoms with Gasteiger partial charge in [0.25, 0.3) is 5.91 Å². The van der Waals surface area contributed by atoms with Crippen LogP contribution in [0.1, 0.15) is 39.0 Å². The second-order valence-electron chi connectivity index (χ2n) is 7.76. The van der Waals surface area contributed by atoms with E-state index in [-0.39, 0.29) is 10.8 Å². The van der Waals surface area contributed by atoms with E-state index in [0.29, 0.717) is 43.8 Å². The van der Waals surface area contributed by atoms with Crippen molar-refractivity contribution in [3.8, 4) is 0 Å². The van der Waals surface area contributed by atoms with Crippen LogP contribution in [0.5, 0.6) is 0 Å². The quantitative estimate of drug-likeness (QED) is 0.745. The summed E-state index contributed by atoms with van der Waals surface area (Å²) in [5, 5.41) is 0.519. The van der Waals surface area contributed by atoms with Gasteiger partial charge in [-0.2, -0.15) is 4.31 Å². The van der Waals surface area contributed by atoms with Gasteiger partial charge in [0, 0.05) is 17.6 Å². The molecule has 1 saturated heterocycles. The molecule has 0 bridgehead atoms. The van der Waals surface area contributed by atoms with Crippen LogP contribution in [0.4, 0.5) is 0 Å². The molecule has 156 valence electrons. The topological polar surface area (TPSA) is 62.1 Å². The van der Waals surface area contributed by atoms with Gasteiger partial charge < -0.3 is 9.80 Å². The lowest BCUT2D eigenvalue weighted by atomic mass is 9.94. The Labute approximate surface area is 173 Å². The maximum atomic E-state index is 12.8. The largest absolute Gasteiger partial charge is 0.335 e. The summed E-state index contributed by atoms with van der Waals surface area (Å²) in [7, 11) is -3.50. The van der Waals surface area contributed by atoms with E-state index in [1.807, 2.05) is 4.90 Å². The van der Waals surface area contributed by atoms with Crippen molar-refractivity contribution in [3.05, 3.63) is 29.3 Å². The van der Waals surface area contributed by atoms with Crippen LogP contribution in [0.3, 0.4) is 0 Å². The van der Waals surface area contributed by atoms with Crippen LogP contribution in [0.25, 0.3) is 0 Å². The van der Waals surface area contributed by atoms with E-state index in [2.05, 4.69) is 6.92 Å². The number of carbonyl (C=O) groups excluding carboxylic acids is 1. The Morgan fingerprint density at radius 1 is 1.14 bits per heavy atom. The molecular formula is C20H31ClN3O3S+. The van der Waals surface area contributed by atoms with Gasteiger partial charge in [0.15, 0.2) is 6.54 Å². The normalized spacial score (nSPS) is 20.2. The van der Waals surface area contributed by atoms with Crippen LogP contribution >= 0.6 is 11.6 Å². The molecule has 1 aromatic rings. The summed E-state index contributed by atoms with van der Waals surface area (Å²) < 4.78 is 27.1. The third kappa shape index (κ3) is 5.06. The zero-order valence-corrected chi connectivity index (χ0v) is 18.1. The van der Waals surface area contributed by atoms with Gasteiger partial charge >= 0.3 is 0 Å². The second-order valence-corrected chi connectivity index (χ2v) is 10.1. The van der Waals surface area contributed by atoms with Gasteiger partial charge in [-0.3, -0.25) is 4.79 Å². The number of rotatable bonds is 6. The highest BCUT2D eigenvalue weighted by atomic mass is 35.5. The summed E-state index contributed by atoms with van der Waals surface area (Å²) in [6.07, 6.45) is 5.92. The predicted molar refractivity (Wildman–Crippen MR) is 110 cm³/mol. The van der Waals surface area contributed by atoms with Gasteiger partial charge in [0.05, 0.1) is 31.1 Å². The van der Waals surface area contributed by atoms with Gasteiger partial charge in [-0.1, -0.05) is 30.9 Å². The molecule has 2 aliphatic rings. The summed E-state index contributed by atoms with van der Waals surface area (Å²) in [6.45, 7) is 5.44. The lowest BCUT2D eigenvalue weighted by Gasteiger charge is -2.36. The van der Waals surface area contributed by atoms with Crippen molar-refractivity contribution in [2.24, 2.45) is 0 Å². The van der Waals surface area contributed by atoms with Crippen LogP contribution in [0.15, 0.2) is 29.2 Å². The monoisotopic (exact) mass is 428 g/mol. The molecule has 6 nitrogen and oxygen atoms in total. The van der Waals surface area contributed by atoms with Crippen LogP contribution in [-0.4, -0.2) is 68.8 Å². The van der Waals surface area contributed by atoms with Crippen LogP contribution in [-0.2, 0) is 14.8 Å². The number of hydrogen-bond acceptors (Lipinski definition) is 3. The molecule has 0 radical (unpaired) electrons. The summed E-state index contributed by atoms with van der Waals surface area (Å²) in [5.74, 6) is 0.207. The number of carbonyl (C=O) groups is 1. The highest BCUT2D eigenvalue weighted by molar-refractivity contribution is 7.89. The Balaban J connectivity index is 1.54. The van der Waals surface area contributed by atoms with Crippen molar-refractivity contribution in [2.75, 3.05) is 39.3 Å². The SMILES string of the molecule is CCN(C(=O)C[NH+]1CCN(S(=O)(=O)c2ccc(Cl)cc2)CC1)C1CCCCC1. The minimum Gasteiger partial charge on any atom is -0.335 e. The number of hydrogen-bond donors (Lipinski definition) is 1. The molecule has 0 spiro atoms. The molecule has 1 aromatic carbocycles. The van der Waals surface area contributed by atoms with Crippen LogP contribution < -0.4 is 4.90 Å². The summed E-state index contributed by atoms with van der Waals surface area (Å²) in [5.41, 5.74) is 0. The number of likely N-dealkylation sites (N-methyl/N-ethyl adjacent to an activating group) is 1. The lowest BCUT2D eigenvalue weighted by molar-refractivity contribution is -0.896. The Bertz CT molecular complexity index is 755. The van der Waals surface area contributed by atoms with Gasteiger partial charge in [0.2, 0.25) is 10.0 Å². The number of nitrogens with one attached hydrogen (secondary N) is 1. The minimum atomic E-state index is -3.50. The Morgan fingerprint density at radius 3 is 2.32 bits per heavy atom. The molecule has 1 saturated carbocycles. The number of amides is 1. The van der Waals surface area contributed by atoms with E-state index in [0.717, 1.165) is 19.4 Å². The molecular weight excluding hydrogens is 398 g/mol. The molecule has 1 heterocycles. The molecule has 1 amide bonds. The fourth-order valence-electron chi connectivity index (χ4n) is 4.32. The lowest BCUT2D eigenvalue weighted by Crippen LogP contribution is -3.15. The first-order valence-electron chi connectivity index (χ1n) is 10.3. The fourth-order valence-corrected chi connectivity index (χ4v) is 5.89. The molecule has 1 aliphatic carbocycles. The molecule has 2 fully saturated rings. The van der Waals surface area contributed by atoms with E-state index in [1.54, 1.807) is 24.3 Å². The van der Waals surface area contributed by atoms with E-state index < -0.39 is 10.0 Å². The Morgan fingerprint density at radius 2 is 1.75 bits per heavy atom. The molecule has 0 atom stereocenters. The molecule has 1 aliphatic heterocycles. The van der Waals surface area contributed by atoms with E-state index in [9.17, 15) is 13.2 Å². The van der Waals surface area contributed by atoms with Gasteiger partial charge in [-0.05, 0) is 44.0 Å². The number of halogens is 1. The minimum absolute atomic E-state index is 0.207. The Kier molecular flexibility index (Phi) is 7.36. The van der Waals surface area contributed by atoms with E-state index >= 15 is 0 Å². The number of benzene rings is 1. The van der Waals surface area contributed by atoms with Crippen LogP contribution in [0.2, 0.25) is 5.02 Å². The molecule has 8 heteroatoms. The second kappa shape index (κ2) is 9.57. The third-order valence-electron chi connectivity index (χ3n) is 5.96. The standard InChI is InChI=1S/C20H30ClN3O3S/c1-2-24(18-6-4-3-5-7-18)20(25)16-22-12-14-23(15-13-22)28(26,27)19-10-8-17(21)9-11-19/h8-11,18H,2-7,12-16H2,1H3/p+1.